The lowest BCUT2D eigenvalue weighted by molar-refractivity contribution is -0.112. The third-order valence-electron chi connectivity index (χ3n) is 10.5. The number of phenolic OH excluding ortho intramolecular Hbond substituents is 1. The van der Waals surface area contributed by atoms with E-state index in [1.807, 2.05) is 0 Å². The predicted octanol–water partition coefficient (Wildman–Crippen LogP) is 10.7. The van der Waals surface area contributed by atoms with Crippen LogP contribution in [0.5, 0.6) is 11.5 Å². The van der Waals surface area contributed by atoms with Gasteiger partial charge in [0.15, 0.2) is 35.7 Å². The summed E-state index contributed by atoms with van der Waals surface area (Å²) < 4.78 is 73.5. The highest BCUT2D eigenvalue weighted by Gasteiger charge is 2.29. The summed E-state index contributed by atoms with van der Waals surface area (Å²) in [4.78, 5) is 11.4. The van der Waals surface area contributed by atoms with Crippen molar-refractivity contribution in [3.8, 4) is 11.5 Å². The van der Waals surface area contributed by atoms with Crippen molar-refractivity contribution in [2.45, 2.75) is 136 Å². The molecule has 0 amide bonds. The summed E-state index contributed by atoms with van der Waals surface area (Å²) in [7, 11) is 1.54. The fraction of sp³-hybridized carbons (Fsp3) is 0.643. The van der Waals surface area contributed by atoms with Gasteiger partial charge in [-0.05, 0) is 143 Å². The maximum atomic E-state index is 14.9. The van der Waals surface area contributed by atoms with Gasteiger partial charge in [0, 0.05) is 12.7 Å². The number of carbonyl (C=O) groups excluding carboxylic acids is 1. The molecule has 2 aromatic rings. The average molecular weight is 737 g/mol. The second-order valence-electron chi connectivity index (χ2n) is 14.6. The fourth-order valence-electron chi connectivity index (χ4n) is 7.61. The molecule has 0 aliphatic heterocycles. The largest absolute Gasteiger partial charge is 0.505 e. The van der Waals surface area contributed by atoms with E-state index in [1.54, 1.807) is 26.2 Å². The zero-order valence-corrected chi connectivity index (χ0v) is 31.8. The van der Waals surface area contributed by atoms with Gasteiger partial charge in [0.1, 0.15) is 0 Å². The molecule has 4 rings (SSSR count). The molecule has 1 unspecified atom stereocenters. The van der Waals surface area contributed by atoms with Crippen LogP contribution in [0.1, 0.15) is 145 Å². The number of aromatic hydroxyl groups is 1. The Balaban J connectivity index is 0.000000288. The molecule has 2 N–H and O–H groups in total. The molecule has 2 aliphatic rings. The van der Waals surface area contributed by atoms with E-state index < -0.39 is 35.1 Å². The van der Waals surface area contributed by atoms with E-state index in [-0.39, 0.29) is 36.8 Å². The Labute approximate surface area is 307 Å². The van der Waals surface area contributed by atoms with E-state index >= 15 is 0 Å². The van der Waals surface area contributed by atoms with Crippen molar-refractivity contribution in [2.24, 2.45) is 11.8 Å². The molecule has 2 aromatic carbocycles. The number of rotatable bonds is 17. The zero-order valence-electron chi connectivity index (χ0n) is 31.8. The lowest BCUT2D eigenvalue weighted by atomic mass is 9.76. The lowest BCUT2D eigenvalue weighted by Gasteiger charge is -2.29. The van der Waals surface area contributed by atoms with Gasteiger partial charge in [-0.15, -0.1) is 0 Å². The normalized spacial score (nSPS) is 21.1. The van der Waals surface area contributed by atoms with Crippen molar-refractivity contribution < 1.29 is 46.8 Å². The van der Waals surface area contributed by atoms with E-state index in [0.717, 1.165) is 57.8 Å². The third-order valence-corrected chi connectivity index (χ3v) is 10.5. The van der Waals surface area contributed by atoms with Crippen molar-refractivity contribution in [1.82, 2.24) is 0 Å². The molecule has 0 bridgehead atoms. The molecule has 292 valence electrons. The number of halogens is 4. The van der Waals surface area contributed by atoms with Crippen LogP contribution in [-0.4, -0.2) is 49.2 Å². The van der Waals surface area contributed by atoms with Crippen molar-refractivity contribution in [2.75, 3.05) is 27.1 Å². The van der Waals surface area contributed by atoms with Crippen molar-refractivity contribution >= 4 is 11.9 Å². The minimum Gasteiger partial charge on any atom is -0.505 e. The molecule has 2 aliphatic carbocycles. The molecule has 0 spiro atoms. The van der Waals surface area contributed by atoms with Crippen molar-refractivity contribution in [3.05, 3.63) is 63.7 Å². The first kappa shape index (κ1) is 43.5. The number of benzene rings is 2. The van der Waals surface area contributed by atoms with E-state index in [1.165, 1.54) is 38.3 Å². The summed E-state index contributed by atoms with van der Waals surface area (Å²) in [6.07, 6.45) is 15.4. The molecule has 6 nitrogen and oxygen atoms in total. The minimum absolute atomic E-state index is 0.0194. The Morgan fingerprint density at radius 1 is 0.846 bits per heavy atom. The summed E-state index contributed by atoms with van der Waals surface area (Å²) in [5.74, 6) is -3.57. The van der Waals surface area contributed by atoms with Gasteiger partial charge in [-0.3, -0.25) is 4.79 Å². The Morgan fingerprint density at radius 2 is 1.38 bits per heavy atom. The highest BCUT2D eigenvalue weighted by atomic mass is 19.2. The third kappa shape index (κ3) is 12.9. The quantitative estimate of drug-likeness (QED) is 0.0728. The maximum Gasteiger partial charge on any atom is 0.201 e. The Morgan fingerprint density at radius 3 is 1.88 bits per heavy atom. The van der Waals surface area contributed by atoms with Gasteiger partial charge >= 0.3 is 0 Å². The molecule has 2 fully saturated rings. The van der Waals surface area contributed by atoms with Gasteiger partial charge in [-0.2, -0.15) is 8.78 Å². The predicted molar refractivity (Wildman–Crippen MR) is 197 cm³/mol. The standard InChI is InChI=1S/C23H32F2O4.C19H28F2O2/c1-4-5-17-7-10-18(11-8-17)20-14-19(9-6-16(2)26)23(22(25)21(20)24)29-15-28-13-12-27-3;1-3-4-13-6-9-14(10-7-13)16-11-15(8-5-12(2)22)19(23)18(21)17(16)20/h6,9,14,17-18H,4-5,7-8,10-13,15H2,1-3H3;11-14,22-23H,3-10H2,1-2H3/b9-6+;. The van der Waals surface area contributed by atoms with E-state index in [2.05, 4.69) is 13.8 Å². The Kier molecular flexibility index (Phi) is 18.6. The van der Waals surface area contributed by atoms with Crippen LogP contribution in [0, 0.1) is 35.1 Å². The zero-order chi connectivity index (χ0) is 38.2. The molecular weight excluding hydrogens is 676 g/mol. The smallest absolute Gasteiger partial charge is 0.201 e. The number of aliphatic hydroxyl groups excluding tert-OH is 1. The number of carbonyl (C=O) groups is 1. The highest BCUT2D eigenvalue weighted by molar-refractivity contribution is 5.92. The second kappa shape index (κ2) is 22.3. The first-order valence-electron chi connectivity index (χ1n) is 19.2. The first-order chi connectivity index (χ1) is 24.9. The monoisotopic (exact) mass is 736 g/mol. The second-order valence-corrected chi connectivity index (χ2v) is 14.6. The SMILES string of the molecule is CCCC1CCC(c2cc(/C=C/C(C)=O)c(OCOCCOC)c(F)c2F)CC1.CCCC1CCC(c2cc(CCC(C)O)c(O)c(F)c2F)CC1. The summed E-state index contributed by atoms with van der Waals surface area (Å²) in [6.45, 7) is 7.81. The topological polar surface area (TPSA) is 85.2 Å². The highest BCUT2D eigenvalue weighted by Crippen LogP contribution is 2.42. The molecule has 1 atom stereocenters. The maximum absolute atomic E-state index is 14.9. The first-order valence-corrected chi connectivity index (χ1v) is 19.2. The number of hydrogen-bond acceptors (Lipinski definition) is 6. The van der Waals surface area contributed by atoms with E-state index in [9.17, 15) is 32.6 Å². The molecular formula is C42H60F4O6. The number of allylic oxidation sites excluding steroid dienone is 1. The van der Waals surface area contributed by atoms with Crippen molar-refractivity contribution in [3.63, 3.8) is 0 Å². The number of phenols is 1. The average Bonchev–Trinajstić information content (AvgIpc) is 3.13. The van der Waals surface area contributed by atoms with Crippen LogP contribution in [-0.2, 0) is 20.7 Å². The van der Waals surface area contributed by atoms with Gasteiger partial charge in [0.25, 0.3) is 0 Å². The van der Waals surface area contributed by atoms with Crippen LogP contribution in [0.4, 0.5) is 17.6 Å². The number of hydrogen-bond donors (Lipinski definition) is 2. The van der Waals surface area contributed by atoms with Crippen LogP contribution >= 0.6 is 0 Å². The Bertz CT molecular complexity index is 1430. The van der Waals surface area contributed by atoms with Gasteiger partial charge in [0.05, 0.1) is 19.3 Å². The number of methoxy groups -OCH3 is 1. The number of ketones is 1. The van der Waals surface area contributed by atoms with Gasteiger partial charge in [-0.1, -0.05) is 39.5 Å². The molecule has 0 radical (unpaired) electrons. The molecule has 2 saturated carbocycles. The van der Waals surface area contributed by atoms with Crippen molar-refractivity contribution in [1.29, 1.82) is 0 Å². The number of aliphatic hydroxyl groups is 1. The van der Waals surface area contributed by atoms with Gasteiger partial charge < -0.3 is 24.4 Å². The number of ether oxygens (including phenoxy) is 3. The molecule has 52 heavy (non-hydrogen) atoms. The Hall–Kier alpha value is -2.95. The molecule has 0 aromatic heterocycles. The van der Waals surface area contributed by atoms with Crippen LogP contribution < -0.4 is 4.74 Å². The summed E-state index contributed by atoms with van der Waals surface area (Å²) in [6, 6.07) is 3.23. The molecule has 0 heterocycles. The van der Waals surface area contributed by atoms with Crippen LogP contribution in [0.2, 0.25) is 0 Å². The molecule has 0 saturated heterocycles. The van der Waals surface area contributed by atoms with Crippen LogP contribution in [0.25, 0.3) is 6.08 Å². The molecule has 10 heteroatoms. The lowest BCUT2D eigenvalue weighted by Crippen LogP contribution is -2.16. The summed E-state index contributed by atoms with van der Waals surface area (Å²) >= 11 is 0. The van der Waals surface area contributed by atoms with Gasteiger partial charge in [-0.25, -0.2) is 8.78 Å². The summed E-state index contributed by atoms with van der Waals surface area (Å²) in [5, 5.41) is 19.2. The van der Waals surface area contributed by atoms with Crippen LogP contribution in [0.3, 0.4) is 0 Å². The minimum atomic E-state index is -1.14. The van der Waals surface area contributed by atoms with E-state index in [4.69, 9.17) is 14.2 Å². The number of aryl methyl sites for hydroxylation is 1. The van der Waals surface area contributed by atoms with Gasteiger partial charge in [0.2, 0.25) is 11.6 Å². The summed E-state index contributed by atoms with van der Waals surface area (Å²) in [5.41, 5.74) is 1.51. The van der Waals surface area contributed by atoms with Crippen LogP contribution in [0.15, 0.2) is 18.2 Å². The van der Waals surface area contributed by atoms with E-state index in [0.29, 0.717) is 53.5 Å². The fourth-order valence-corrected chi connectivity index (χ4v) is 7.61.